The van der Waals surface area contributed by atoms with Crippen LogP contribution < -0.4 is 10.1 Å². The molecule has 0 radical (unpaired) electrons. The third-order valence-corrected chi connectivity index (χ3v) is 6.08. The van der Waals surface area contributed by atoms with E-state index in [1.54, 1.807) is 30.6 Å². The fourth-order valence-electron chi connectivity index (χ4n) is 3.06. The van der Waals surface area contributed by atoms with Gasteiger partial charge in [-0.3, -0.25) is 14.3 Å². The van der Waals surface area contributed by atoms with Crippen molar-refractivity contribution in [3.05, 3.63) is 77.0 Å². The maximum atomic E-state index is 12.6. The highest BCUT2D eigenvalue weighted by molar-refractivity contribution is 7.99. The van der Waals surface area contributed by atoms with E-state index in [0.29, 0.717) is 33.3 Å². The van der Waals surface area contributed by atoms with Crippen LogP contribution in [-0.2, 0) is 4.79 Å². The van der Waals surface area contributed by atoms with Gasteiger partial charge in [-0.15, -0.1) is 10.2 Å². The van der Waals surface area contributed by atoms with Crippen molar-refractivity contribution in [2.75, 3.05) is 17.7 Å². The molecule has 0 aliphatic carbocycles. The number of aromatic nitrogens is 4. The highest BCUT2D eigenvalue weighted by atomic mass is 35.5. The molecule has 0 fully saturated rings. The highest BCUT2D eigenvalue weighted by Crippen LogP contribution is 2.31. The fourth-order valence-corrected chi connectivity index (χ4v) is 4.30. The van der Waals surface area contributed by atoms with Crippen LogP contribution in [0.15, 0.2) is 72.1 Å². The van der Waals surface area contributed by atoms with Crippen LogP contribution in [-0.4, -0.2) is 38.0 Å². The van der Waals surface area contributed by atoms with Gasteiger partial charge in [-0.1, -0.05) is 41.0 Å². The van der Waals surface area contributed by atoms with Crippen LogP contribution >= 0.6 is 35.0 Å². The maximum Gasteiger partial charge on any atom is 0.234 e. The Morgan fingerprint density at radius 1 is 1.06 bits per heavy atom. The Labute approximate surface area is 205 Å². The van der Waals surface area contributed by atoms with Gasteiger partial charge >= 0.3 is 0 Å². The van der Waals surface area contributed by atoms with Crippen molar-refractivity contribution in [1.29, 1.82) is 0 Å². The Kier molecular flexibility index (Phi) is 7.49. The molecule has 1 amide bonds. The predicted molar refractivity (Wildman–Crippen MR) is 132 cm³/mol. The molecule has 10 heteroatoms. The molecule has 4 rings (SSSR count). The van der Waals surface area contributed by atoms with Crippen LogP contribution in [0.4, 0.5) is 5.69 Å². The number of para-hydroxylation sites is 1. The van der Waals surface area contributed by atoms with Gasteiger partial charge in [0.2, 0.25) is 5.91 Å². The predicted octanol–water partition coefficient (Wildman–Crippen LogP) is 5.77. The van der Waals surface area contributed by atoms with Crippen LogP contribution in [0.5, 0.6) is 5.75 Å². The van der Waals surface area contributed by atoms with E-state index in [4.69, 9.17) is 27.9 Å². The number of nitrogens with zero attached hydrogens (tertiary/aromatic N) is 4. The van der Waals surface area contributed by atoms with Gasteiger partial charge < -0.3 is 10.1 Å². The standard InChI is InChI=1S/C23H19Cl2N5O2S/c1-2-32-17-10-8-16(9-11-17)30-22(15-5-4-12-26-13-15)28-29-23(30)33-14-20(31)27-21-18(24)6-3-7-19(21)25/h3-13H,2,14H2,1H3,(H,27,31). The average Bonchev–Trinajstić information content (AvgIpc) is 3.25. The van der Waals surface area contributed by atoms with Gasteiger partial charge in [0.25, 0.3) is 0 Å². The maximum absolute atomic E-state index is 12.6. The lowest BCUT2D eigenvalue weighted by Crippen LogP contribution is -2.15. The molecule has 1 N–H and O–H groups in total. The SMILES string of the molecule is CCOc1ccc(-n2c(SCC(=O)Nc3c(Cl)cccc3Cl)nnc2-c2cccnc2)cc1. The van der Waals surface area contributed by atoms with Crippen molar-refractivity contribution < 1.29 is 9.53 Å². The number of ether oxygens (including phenoxy) is 1. The summed E-state index contributed by atoms with van der Waals surface area (Å²) in [5, 5.41) is 12.7. The fraction of sp³-hybridized carbons (Fsp3) is 0.130. The summed E-state index contributed by atoms with van der Waals surface area (Å²) in [5.74, 6) is 1.20. The number of carbonyl (C=O) groups excluding carboxylic acids is 1. The zero-order valence-electron chi connectivity index (χ0n) is 17.5. The highest BCUT2D eigenvalue weighted by Gasteiger charge is 2.18. The molecule has 0 unspecified atom stereocenters. The number of carbonyl (C=O) groups is 1. The van der Waals surface area contributed by atoms with Gasteiger partial charge in [-0.2, -0.15) is 0 Å². The second kappa shape index (κ2) is 10.7. The van der Waals surface area contributed by atoms with Crippen molar-refractivity contribution in [3.8, 4) is 22.8 Å². The third kappa shape index (κ3) is 5.47. The van der Waals surface area contributed by atoms with E-state index in [1.807, 2.05) is 47.9 Å². The minimum absolute atomic E-state index is 0.0871. The van der Waals surface area contributed by atoms with Gasteiger partial charge in [-0.05, 0) is 55.5 Å². The topological polar surface area (TPSA) is 81.9 Å². The monoisotopic (exact) mass is 499 g/mol. The van der Waals surface area contributed by atoms with Crippen LogP contribution in [0.1, 0.15) is 6.92 Å². The molecule has 2 aromatic heterocycles. The molecule has 2 heterocycles. The van der Waals surface area contributed by atoms with E-state index in [9.17, 15) is 4.79 Å². The van der Waals surface area contributed by atoms with E-state index in [1.165, 1.54) is 11.8 Å². The first-order chi connectivity index (χ1) is 16.1. The zero-order chi connectivity index (χ0) is 23.2. The molecule has 0 atom stereocenters. The van der Waals surface area contributed by atoms with Gasteiger partial charge in [0, 0.05) is 23.6 Å². The Bertz CT molecular complexity index is 1230. The Morgan fingerprint density at radius 3 is 2.48 bits per heavy atom. The quantitative estimate of drug-likeness (QED) is 0.310. The van der Waals surface area contributed by atoms with E-state index in [2.05, 4.69) is 20.5 Å². The van der Waals surface area contributed by atoms with E-state index in [0.717, 1.165) is 17.0 Å². The lowest BCUT2D eigenvalue weighted by Gasteiger charge is -2.12. The number of anilines is 1. The number of nitrogens with one attached hydrogen (secondary N) is 1. The smallest absolute Gasteiger partial charge is 0.234 e. The number of halogens is 2. The third-order valence-electron chi connectivity index (χ3n) is 4.52. The van der Waals surface area contributed by atoms with E-state index >= 15 is 0 Å². The zero-order valence-corrected chi connectivity index (χ0v) is 19.9. The summed E-state index contributed by atoms with van der Waals surface area (Å²) in [7, 11) is 0. The first-order valence-corrected chi connectivity index (χ1v) is 11.8. The van der Waals surface area contributed by atoms with Crippen molar-refractivity contribution >= 4 is 46.6 Å². The molecule has 0 aliphatic rings. The number of hydrogen-bond donors (Lipinski definition) is 1. The van der Waals surface area contributed by atoms with Crippen molar-refractivity contribution in [3.63, 3.8) is 0 Å². The summed E-state index contributed by atoms with van der Waals surface area (Å²) in [6.07, 6.45) is 3.41. The van der Waals surface area contributed by atoms with Crippen LogP contribution in [0, 0.1) is 0 Å². The average molecular weight is 500 g/mol. The molecule has 168 valence electrons. The van der Waals surface area contributed by atoms with Crippen molar-refractivity contribution in [2.24, 2.45) is 0 Å². The van der Waals surface area contributed by atoms with Crippen LogP contribution in [0.25, 0.3) is 17.1 Å². The number of benzene rings is 2. The van der Waals surface area contributed by atoms with Crippen LogP contribution in [0.3, 0.4) is 0 Å². The number of amides is 1. The Balaban J connectivity index is 1.60. The molecule has 0 aliphatic heterocycles. The number of pyridine rings is 1. The summed E-state index contributed by atoms with van der Waals surface area (Å²) in [6, 6.07) is 16.4. The molecule has 33 heavy (non-hydrogen) atoms. The summed E-state index contributed by atoms with van der Waals surface area (Å²) < 4.78 is 7.43. The number of rotatable bonds is 8. The summed E-state index contributed by atoms with van der Waals surface area (Å²) in [5.41, 5.74) is 2.02. The van der Waals surface area contributed by atoms with Crippen LogP contribution in [0.2, 0.25) is 10.0 Å². The second-order valence-corrected chi connectivity index (χ2v) is 8.50. The first-order valence-electron chi connectivity index (χ1n) is 10.0. The lowest BCUT2D eigenvalue weighted by atomic mass is 10.2. The molecular formula is C23H19Cl2N5O2S. The lowest BCUT2D eigenvalue weighted by molar-refractivity contribution is -0.113. The second-order valence-electron chi connectivity index (χ2n) is 6.74. The molecular weight excluding hydrogens is 481 g/mol. The van der Waals surface area contributed by atoms with Crippen molar-refractivity contribution in [2.45, 2.75) is 12.1 Å². The number of thioether (sulfide) groups is 1. The van der Waals surface area contributed by atoms with Crippen molar-refractivity contribution in [1.82, 2.24) is 19.7 Å². The molecule has 0 saturated carbocycles. The number of hydrogen-bond acceptors (Lipinski definition) is 6. The van der Waals surface area contributed by atoms with Gasteiger partial charge in [0.1, 0.15) is 5.75 Å². The molecule has 0 saturated heterocycles. The van der Waals surface area contributed by atoms with E-state index < -0.39 is 0 Å². The first kappa shape index (κ1) is 23.1. The minimum atomic E-state index is -0.265. The molecule has 0 bridgehead atoms. The summed E-state index contributed by atoms with van der Waals surface area (Å²) >= 11 is 13.6. The molecule has 0 spiro atoms. The van der Waals surface area contributed by atoms with Gasteiger partial charge in [0.05, 0.1) is 28.1 Å². The van der Waals surface area contributed by atoms with E-state index in [-0.39, 0.29) is 11.7 Å². The Morgan fingerprint density at radius 2 is 1.82 bits per heavy atom. The normalized spacial score (nSPS) is 10.8. The molecule has 2 aromatic carbocycles. The van der Waals surface area contributed by atoms with Gasteiger partial charge in [-0.25, -0.2) is 0 Å². The largest absolute Gasteiger partial charge is 0.494 e. The Hall–Kier alpha value is -3.07. The van der Waals surface area contributed by atoms with Gasteiger partial charge in [0.15, 0.2) is 11.0 Å². The molecule has 4 aromatic rings. The summed E-state index contributed by atoms with van der Waals surface area (Å²) in [6.45, 7) is 2.52. The minimum Gasteiger partial charge on any atom is -0.494 e. The molecule has 7 nitrogen and oxygen atoms in total. The summed E-state index contributed by atoms with van der Waals surface area (Å²) in [4.78, 5) is 16.8.